The predicted molar refractivity (Wildman–Crippen MR) is 73.1 cm³/mol. The van der Waals surface area contributed by atoms with Gasteiger partial charge in [-0.2, -0.15) is 4.39 Å². The van der Waals surface area contributed by atoms with E-state index in [1.54, 1.807) is 0 Å². The van der Waals surface area contributed by atoms with Crippen LogP contribution in [0.3, 0.4) is 0 Å². The molecule has 7 nitrogen and oxygen atoms in total. The van der Waals surface area contributed by atoms with E-state index in [0.717, 1.165) is 6.07 Å². The van der Waals surface area contributed by atoms with Gasteiger partial charge < -0.3 is 0 Å². The third kappa shape index (κ3) is 3.26. The molecule has 2 aromatic rings. The number of pyridine rings is 1. The number of hydrogen-bond acceptors (Lipinski definition) is 5. The Hall–Kier alpha value is -2.26. The van der Waals surface area contributed by atoms with Gasteiger partial charge in [-0.3, -0.25) is 14.8 Å². The first-order valence-corrected chi connectivity index (χ1v) is 7.24. The van der Waals surface area contributed by atoms with Crippen LogP contribution in [0.15, 0.2) is 41.4 Å². The second kappa shape index (κ2) is 5.62. The van der Waals surface area contributed by atoms with Gasteiger partial charge >= 0.3 is 5.69 Å². The van der Waals surface area contributed by atoms with Crippen LogP contribution in [0.2, 0.25) is 5.15 Å². The van der Waals surface area contributed by atoms with Gasteiger partial charge in [-0.1, -0.05) is 11.6 Å². The molecule has 0 amide bonds. The van der Waals surface area contributed by atoms with E-state index >= 15 is 0 Å². The minimum absolute atomic E-state index is 0.00569. The van der Waals surface area contributed by atoms with Gasteiger partial charge in [0.15, 0.2) is 5.15 Å². The molecule has 0 aliphatic rings. The summed E-state index contributed by atoms with van der Waals surface area (Å²) in [6.07, 6.45) is 1.36. The van der Waals surface area contributed by atoms with Gasteiger partial charge in [0.25, 0.3) is 10.0 Å². The van der Waals surface area contributed by atoms with E-state index in [4.69, 9.17) is 11.6 Å². The normalized spacial score (nSPS) is 11.1. The molecule has 1 aromatic heterocycles. The zero-order chi connectivity index (χ0) is 15.6. The van der Waals surface area contributed by atoms with E-state index in [0.29, 0.717) is 12.1 Å². The lowest BCUT2D eigenvalue weighted by atomic mass is 10.3. The lowest BCUT2D eigenvalue weighted by Gasteiger charge is -2.08. The van der Waals surface area contributed by atoms with Crippen molar-refractivity contribution in [3.05, 3.63) is 57.6 Å². The van der Waals surface area contributed by atoms with Crippen LogP contribution in [0.1, 0.15) is 0 Å². The summed E-state index contributed by atoms with van der Waals surface area (Å²) < 4.78 is 39.5. The Morgan fingerprint density at radius 1 is 1.33 bits per heavy atom. The molecule has 0 bridgehead atoms. The summed E-state index contributed by atoms with van der Waals surface area (Å²) in [5.41, 5.74) is -0.929. The topological polar surface area (TPSA) is 102 Å². The number of sulfonamides is 1. The minimum Gasteiger partial charge on any atom is -0.276 e. The molecule has 0 unspecified atom stereocenters. The van der Waals surface area contributed by atoms with Crippen molar-refractivity contribution in [2.24, 2.45) is 0 Å². The molecule has 0 aliphatic carbocycles. The van der Waals surface area contributed by atoms with Crippen molar-refractivity contribution in [1.29, 1.82) is 0 Å². The molecule has 0 radical (unpaired) electrons. The number of nitro benzene ring substituents is 1. The predicted octanol–water partition coefficient (Wildman–Crippen LogP) is 2.58. The Morgan fingerprint density at radius 3 is 2.67 bits per heavy atom. The van der Waals surface area contributed by atoms with Crippen molar-refractivity contribution in [3.63, 3.8) is 0 Å². The molecule has 0 saturated carbocycles. The summed E-state index contributed by atoms with van der Waals surface area (Å²) in [5.74, 6) is -1.13. The Bertz CT molecular complexity index is 813. The average Bonchev–Trinajstić information content (AvgIpc) is 2.41. The largest absolute Gasteiger partial charge is 0.306 e. The molecule has 1 N–H and O–H groups in total. The Kier molecular flexibility index (Phi) is 4.05. The van der Waals surface area contributed by atoms with E-state index in [1.807, 2.05) is 0 Å². The fraction of sp³-hybridized carbons (Fsp3) is 0. The van der Waals surface area contributed by atoms with Crippen molar-refractivity contribution >= 4 is 33.0 Å². The maximum absolute atomic E-state index is 13.2. The van der Waals surface area contributed by atoms with Gasteiger partial charge in [0.05, 0.1) is 15.5 Å². The molecular weight excluding hydrogens is 325 g/mol. The highest BCUT2D eigenvalue weighted by molar-refractivity contribution is 7.92. The molecule has 0 saturated heterocycles. The van der Waals surface area contributed by atoms with Crippen LogP contribution in [0.25, 0.3) is 0 Å². The quantitative estimate of drug-likeness (QED) is 0.527. The number of nitro groups is 1. The highest BCUT2D eigenvalue weighted by Crippen LogP contribution is 2.25. The Balaban J connectivity index is 2.43. The molecule has 2 rings (SSSR count). The second-order valence-corrected chi connectivity index (χ2v) is 5.86. The number of anilines is 1. The lowest BCUT2D eigenvalue weighted by molar-refractivity contribution is -0.387. The number of hydrogen-bond donors (Lipinski definition) is 1. The summed E-state index contributed by atoms with van der Waals surface area (Å²) in [4.78, 5) is 12.8. The number of nitrogens with one attached hydrogen (secondary N) is 1. The van der Waals surface area contributed by atoms with Crippen molar-refractivity contribution in [2.75, 3.05) is 4.72 Å². The van der Waals surface area contributed by atoms with E-state index in [1.165, 1.54) is 18.3 Å². The standard InChI is InChI=1S/C11H7ClFN3O4S/c12-11-9(2-1-5-14-11)15-21(19,20)7-3-4-8(13)10(6-7)16(17)18/h1-6,15H. The highest BCUT2D eigenvalue weighted by atomic mass is 35.5. The fourth-order valence-electron chi connectivity index (χ4n) is 1.47. The van der Waals surface area contributed by atoms with Gasteiger partial charge in [-0.05, 0) is 24.3 Å². The zero-order valence-electron chi connectivity index (χ0n) is 10.2. The first-order valence-electron chi connectivity index (χ1n) is 5.38. The smallest absolute Gasteiger partial charge is 0.276 e. The Morgan fingerprint density at radius 2 is 2.05 bits per heavy atom. The van der Waals surface area contributed by atoms with Gasteiger partial charge in [0, 0.05) is 12.3 Å². The van der Waals surface area contributed by atoms with Crippen molar-refractivity contribution in [1.82, 2.24) is 4.98 Å². The summed E-state index contributed by atoms with van der Waals surface area (Å²) in [6.45, 7) is 0. The molecule has 1 aromatic carbocycles. The van der Waals surface area contributed by atoms with Crippen LogP contribution < -0.4 is 4.72 Å². The number of rotatable bonds is 4. The van der Waals surface area contributed by atoms with E-state index in [-0.39, 0.29) is 10.8 Å². The molecule has 0 fully saturated rings. The van der Waals surface area contributed by atoms with Crippen LogP contribution in [0.4, 0.5) is 15.8 Å². The van der Waals surface area contributed by atoms with Crippen molar-refractivity contribution in [3.8, 4) is 0 Å². The van der Waals surface area contributed by atoms with Crippen molar-refractivity contribution in [2.45, 2.75) is 4.90 Å². The van der Waals surface area contributed by atoms with Crippen LogP contribution in [0, 0.1) is 15.9 Å². The zero-order valence-corrected chi connectivity index (χ0v) is 11.7. The summed E-state index contributed by atoms with van der Waals surface area (Å²) in [5, 5.41) is 10.5. The molecule has 10 heteroatoms. The molecule has 0 atom stereocenters. The Labute approximate surface area is 123 Å². The minimum atomic E-state index is -4.15. The first kappa shape index (κ1) is 15.1. The average molecular weight is 332 g/mol. The van der Waals surface area contributed by atoms with Gasteiger partial charge in [-0.15, -0.1) is 0 Å². The number of aromatic nitrogens is 1. The maximum atomic E-state index is 13.2. The second-order valence-electron chi connectivity index (χ2n) is 3.82. The summed E-state index contributed by atoms with van der Waals surface area (Å²) >= 11 is 5.72. The first-order chi connectivity index (χ1) is 9.81. The molecule has 0 spiro atoms. The van der Waals surface area contributed by atoms with E-state index in [2.05, 4.69) is 9.71 Å². The number of halogens is 2. The molecule has 1 heterocycles. The molecule has 0 aliphatic heterocycles. The number of nitrogens with zero attached hydrogens (tertiary/aromatic N) is 2. The molecular formula is C11H7ClFN3O4S. The highest BCUT2D eigenvalue weighted by Gasteiger charge is 2.22. The SMILES string of the molecule is O=[N+]([O-])c1cc(S(=O)(=O)Nc2cccnc2Cl)ccc1F. The number of benzene rings is 1. The molecule has 21 heavy (non-hydrogen) atoms. The third-order valence-electron chi connectivity index (χ3n) is 2.43. The van der Waals surface area contributed by atoms with Gasteiger partial charge in [0.1, 0.15) is 0 Å². The monoisotopic (exact) mass is 331 g/mol. The van der Waals surface area contributed by atoms with Crippen LogP contribution >= 0.6 is 11.6 Å². The lowest BCUT2D eigenvalue weighted by Crippen LogP contribution is -2.14. The summed E-state index contributed by atoms with van der Waals surface area (Å²) in [6, 6.07) is 5.07. The van der Waals surface area contributed by atoms with Crippen LogP contribution in [-0.2, 0) is 10.0 Å². The summed E-state index contributed by atoms with van der Waals surface area (Å²) in [7, 11) is -4.15. The van der Waals surface area contributed by atoms with Gasteiger partial charge in [0.2, 0.25) is 5.82 Å². The molecule has 110 valence electrons. The fourth-order valence-corrected chi connectivity index (χ4v) is 2.77. The van der Waals surface area contributed by atoms with Crippen molar-refractivity contribution < 1.29 is 17.7 Å². The van der Waals surface area contributed by atoms with Gasteiger partial charge in [-0.25, -0.2) is 13.4 Å². The van der Waals surface area contributed by atoms with Crippen LogP contribution in [0.5, 0.6) is 0 Å². The maximum Gasteiger partial charge on any atom is 0.306 e. The van der Waals surface area contributed by atoms with E-state index < -0.39 is 31.3 Å². The third-order valence-corrected chi connectivity index (χ3v) is 4.09. The van der Waals surface area contributed by atoms with Crippen LogP contribution in [-0.4, -0.2) is 18.3 Å². The van der Waals surface area contributed by atoms with E-state index in [9.17, 15) is 22.9 Å².